The average Bonchev–Trinajstić information content (AvgIpc) is 3.22. The van der Waals surface area contributed by atoms with Crippen molar-refractivity contribution < 1.29 is 9.53 Å². The number of methoxy groups -OCH3 is 1. The van der Waals surface area contributed by atoms with Crippen molar-refractivity contribution >= 4 is 50.7 Å². The van der Waals surface area contributed by atoms with E-state index in [1.807, 2.05) is 19.2 Å². The molecule has 4 rings (SSSR count). The average molecular weight is 416 g/mol. The van der Waals surface area contributed by atoms with Crippen LogP contribution in [0.15, 0.2) is 40.3 Å². The largest absolute Gasteiger partial charge is 0.497 e. The van der Waals surface area contributed by atoms with E-state index in [4.69, 9.17) is 4.74 Å². The van der Waals surface area contributed by atoms with Crippen molar-refractivity contribution in [1.82, 2.24) is 19.2 Å². The molecule has 1 amide bonds. The number of fused-ring (bicyclic) bond motifs is 2. The van der Waals surface area contributed by atoms with E-state index < -0.39 is 0 Å². The predicted molar refractivity (Wildman–Crippen MR) is 111 cm³/mol. The summed E-state index contributed by atoms with van der Waals surface area (Å²) in [7, 11) is 1.57. The second-order valence-electron chi connectivity index (χ2n) is 6.05. The fourth-order valence-electron chi connectivity index (χ4n) is 2.90. The molecule has 8 nitrogen and oxygen atoms in total. The van der Waals surface area contributed by atoms with Crippen molar-refractivity contribution in [2.24, 2.45) is 0 Å². The minimum absolute atomic E-state index is 0.0659. The minimum atomic E-state index is -0.275. The molecule has 28 heavy (non-hydrogen) atoms. The number of thioether (sulfide) groups is 1. The van der Waals surface area contributed by atoms with Crippen molar-refractivity contribution in [1.29, 1.82) is 0 Å². The van der Waals surface area contributed by atoms with Crippen molar-refractivity contribution in [3.63, 3.8) is 0 Å². The summed E-state index contributed by atoms with van der Waals surface area (Å²) in [6.45, 7) is 1.87. The first kappa shape index (κ1) is 18.5. The molecule has 0 unspecified atom stereocenters. The van der Waals surface area contributed by atoms with Gasteiger partial charge in [-0.2, -0.15) is 0 Å². The number of amides is 1. The molecule has 0 saturated heterocycles. The number of rotatable bonds is 5. The summed E-state index contributed by atoms with van der Waals surface area (Å²) in [6, 6.07) is 8.92. The smallest absolute Gasteiger partial charge is 0.270 e. The molecule has 1 aromatic carbocycles. The Morgan fingerprint density at radius 1 is 1.36 bits per heavy atom. The van der Waals surface area contributed by atoms with Gasteiger partial charge in [-0.1, -0.05) is 17.8 Å². The second kappa shape index (κ2) is 7.28. The van der Waals surface area contributed by atoms with E-state index in [2.05, 4.69) is 15.4 Å². The third-order valence-corrected chi connectivity index (χ3v) is 5.70. The number of ether oxygens (including phenoxy) is 1. The molecular formula is C18H17N5O3S2. The van der Waals surface area contributed by atoms with E-state index in [0.717, 1.165) is 4.88 Å². The Hall–Kier alpha value is -2.85. The van der Waals surface area contributed by atoms with E-state index in [0.29, 0.717) is 32.6 Å². The van der Waals surface area contributed by atoms with Gasteiger partial charge in [-0.3, -0.25) is 9.59 Å². The van der Waals surface area contributed by atoms with Crippen LogP contribution in [-0.4, -0.2) is 38.4 Å². The van der Waals surface area contributed by atoms with Gasteiger partial charge in [0.25, 0.3) is 5.56 Å². The molecule has 144 valence electrons. The summed E-state index contributed by atoms with van der Waals surface area (Å²) in [5, 5.41) is 8.28. The van der Waals surface area contributed by atoms with Gasteiger partial charge in [0.2, 0.25) is 11.7 Å². The van der Waals surface area contributed by atoms with Gasteiger partial charge in [0.05, 0.1) is 12.5 Å². The zero-order chi connectivity index (χ0) is 19.8. The first-order valence-electron chi connectivity index (χ1n) is 8.37. The van der Waals surface area contributed by atoms with Crippen LogP contribution in [0.4, 0.5) is 5.69 Å². The van der Waals surface area contributed by atoms with Crippen LogP contribution in [-0.2, 0) is 11.3 Å². The topological polar surface area (TPSA) is 90.5 Å². The lowest BCUT2D eigenvalue weighted by Gasteiger charge is -2.07. The quantitative estimate of drug-likeness (QED) is 0.504. The first-order valence-corrected chi connectivity index (χ1v) is 10.4. The van der Waals surface area contributed by atoms with E-state index in [-0.39, 0.29) is 18.0 Å². The van der Waals surface area contributed by atoms with Crippen molar-refractivity contribution in [2.45, 2.75) is 18.6 Å². The van der Waals surface area contributed by atoms with Crippen LogP contribution in [0, 0.1) is 6.92 Å². The molecule has 0 saturated carbocycles. The van der Waals surface area contributed by atoms with Crippen molar-refractivity contribution in [3.05, 3.63) is 45.6 Å². The van der Waals surface area contributed by atoms with Crippen molar-refractivity contribution in [2.75, 3.05) is 18.7 Å². The molecule has 0 spiro atoms. The molecule has 10 heteroatoms. The van der Waals surface area contributed by atoms with Crippen LogP contribution in [0.3, 0.4) is 0 Å². The summed E-state index contributed by atoms with van der Waals surface area (Å²) >= 11 is 2.78. The highest BCUT2D eigenvalue weighted by Gasteiger charge is 2.18. The standard InChI is InChI=1S/C18H17N5O3S2/c1-10-7-13-15(28-10)20-17-22(21-18(27-3)23(17)16(13)25)9-14(24)19-11-5-4-6-12(8-11)26-2/h4-8H,9H2,1-3H3,(H,19,24). The van der Waals surface area contributed by atoms with Gasteiger partial charge in [0.1, 0.15) is 17.1 Å². The SMILES string of the molecule is COc1cccc(NC(=O)Cn2nc(SC)n3c(=O)c4cc(C)sc4nc23)c1. The molecule has 0 bridgehead atoms. The van der Waals surface area contributed by atoms with E-state index in [1.54, 1.807) is 31.4 Å². The normalized spacial score (nSPS) is 11.2. The minimum Gasteiger partial charge on any atom is -0.497 e. The Kier molecular flexibility index (Phi) is 4.82. The number of anilines is 1. The lowest BCUT2D eigenvalue weighted by Crippen LogP contribution is -2.21. The molecule has 4 aromatic rings. The van der Waals surface area contributed by atoms with Crippen LogP contribution in [0.25, 0.3) is 16.0 Å². The van der Waals surface area contributed by atoms with Gasteiger partial charge in [0.15, 0.2) is 5.16 Å². The molecule has 0 aliphatic heterocycles. The molecule has 3 heterocycles. The summed E-state index contributed by atoms with van der Waals surface area (Å²) < 4.78 is 8.08. The molecule has 0 aliphatic rings. The Morgan fingerprint density at radius 2 is 2.18 bits per heavy atom. The van der Waals surface area contributed by atoms with Gasteiger partial charge < -0.3 is 10.1 Å². The molecule has 0 atom stereocenters. The highest BCUT2D eigenvalue weighted by molar-refractivity contribution is 7.98. The summed E-state index contributed by atoms with van der Waals surface area (Å²) in [5.74, 6) is 0.725. The van der Waals surface area contributed by atoms with E-state index in [9.17, 15) is 9.59 Å². The maximum absolute atomic E-state index is 12.9. The van der Waals surface area contributed by atoms with Crippen LogP contribution in [0.1, 0.15) is 4.88 Å². The predicted octanol–water partition coefficient (Wildman–Crippen LogP) is 2.78. The fourth-order valence-corrected chi connectivity index (χ4v) is 4.30. The lowest BCUT2D eigenvalue weighted by molar-refractivity contribution is -0.116. The van der Waals surface area contributed by atoms with Crippen LogP contribution >= 0.6 is 23.1 Å². The third kappa shape index (κ3) is 3.25. The Labute approximate surface area is 168 Å². The number of aromatic nitrogens is 4. The highest BCUT2D eigenvalue weighted by atomic mass is 32.2. The lowest BCUT2D eigenvalue weighted by atomic mass is 10.3. The number of hydrogen-bond donors (Lipinski definition) is 1. The van der Waals surface area contributed by atoms with Gasteiger partial charge in [-0.05, 0) is 31.4 Å². The highest BCUT2D eigenvalue weighted by Crippen LogP contribution is 2.23. The summed E-state index contributed by atoms with van der Waals surface area (Å²) in [4.78, 5) is 31.7. The number of carbonyl (C=O) groups is 1. The molecular weight excluding hydrogens is 398 g/mol. The van der Waals surface area contributed by atoms with Gasteiger partial charge in [-0.25, -0.2) is 14.1 Å². The summed E-state index contributed by atoms with van der Waals surface area (Å²) in [5.41, 5.74) is 0.445. The van der Waals surface area contributed by atoms with Crippen molar-refractivity contribution in [3.8, 4) is 5.75 Å². The van der Waals surface area contributed by atoms with Gasteiger partial charge >= 0.3 is 0 Å². The second-order valence-corrected chi connectivity index (χ2v) is 8.06. The number of carbonyl (C=O) groups excluding carboxylic acids is 1. The van der Waals surface area contributed by atoms with Gasteiger partial charge in [0, 0.05) is 16.6 Å². The maximum Gasteiger partial charge on any atom is 0.270 e. The molecule has 0 radical (unpaired) electrons. The van der Waals surface area contributed by atoms with Crippen LogP contribution < -0.4 is 15.6 Å². The number of benzene rings is 1. The van der Waals surface area contributed by atoms with E-state index >= 15 is 0 Å². The van der Waals surface area contributed by atoms with Crippen LogP contribution in [0.5, 0.6) is 5.75 Å². The first-order chi connectivity index (χ1) is 13.5. The number of nitrogens with one attached hydrogen (secondary N) is 1. The number of nitrogens with zero attached hydrogens (tertiary/aromatic N) is 4. The third-order valence-electron chi connectivity index (χ3n) is 4.13. The van der Waals surface area contributed by atoms with Crippen LogP contribution in [0.2, 0.25) is 0 Å². The van der Waals surface area contributed by atoms with Gasteiger partial charge in [-0.15, -0.1) is 16.4 Å². The number of thiophene rings is 1. The number of hydrogen-bond acceptors (Lipinski definition) is 7. The molecule has 0 aliphatic carbocycles. The Balaban J connectivity index is 1.71. The van der Waals surface area contributed by atoms with E-state index in [1.165, 1.54) is 32.2 Å². The zero-order valence-electron chi connectivity index (χ0n) is 15.4. The number of aryl methyl sites for hydroxylation is 1. The Morgan fingerprint density at radius 3 is 2.93 bits per heavy atom. The molecule has 3 aromatic heterocycles. The molecule has 0 fully saturated rings. The maximum atomic E-state index is 12.9. The zero-order valence-corrected chi connectivity index (χ0v) is 17.1. The molecule has 1 N–H and O–H groups in total. The summed E-state index contributed by atoms with van der Waals surface area (Å²) in [6.07, 6.45) is 1.83. The monoisotopic (exact) mass is 415 g/mol. The fraction of sp³-hybridized carbons (Fsp3) is 0.222. The Bertz CT molecular complexity index is 1260.